The average molecular weight is 1790 g/mol. The molecule has 12 N–H and O–H groups in total. The van der Waals surface area contributed by atoms with E-state index in [1.807, 2.05) is 34.9 Å². The molecule has 0 bridgehead atoms. The molecule has 7 heterocycles. The Morgan fingerprint density at radius 2 is 0.960 bits per heavy atom. The highest BCUT2D eigenvalue weighted by Crippen LogP contribution is 2.34. The summed E-state index contributed by atoms with van der Waals surface area (Å²) in [4.78, 5) is 115. The van der Waals surface area contributed by atoms with Gasteiger partial charge in [0.25, 0.3) is 5.91 Å². The van der Waals surface area contributed by atoms with E-state index in [0.717, 1.165) is 143 Å². The van der Waals surface area contributed by atoms with Gasteiger partial charge in [0.1, 0.15) is 18.1 Å². The number of methoxy groups -OCH3 is 1. The van der Waals surface area contributed by atoms with E-state index < -0.39 is 77.0 Å². The molecular weight excluding hydrogens is 1690 g/mol. The number of hydrogen-bond acceptors (Lipinski definition) is 16. The number of aromatic nitrogens is 5. The Labute approximate surface area is 738 Å². The average Bonchev–Trinajstić information content (AvgIpc) is 1.63. The zero-order chi connectivity index (χ0) is 89.2. The van der Waals surface area contributed by atoms with Crippen LogP contribution in [0.3, 0.4) is 0 Å². The molecule has 5 aromatic heterocycles. The number of hydrogen-bond donors (Lipinski definition) is 10. The number of halogens is 8. The fourth-order valence-corrected chi connectivity index (χ4v) is 15.7. The number of carboxylic acid groups (broad SMARTS) is 1. The molecule has 33 heteroatoms. The van der Waals surface area contributed by atoms with Crippen molar-refractivity contribution in [1.82, 2.24) is 65.8 Å². The van der Waals surface area contributed by atoms with Crippen LogP contribution >= 0.6 is 46.4 Å². The number of aromatic amines is 1. The molecule has 0 radical (unpaired) electrons. The summed E-state index contributed by atoms with van der Waals surface area (Å²) in [5, 5.41) is 31.1. The van der Waals surface area contributed by atoms with Crippen LogP contribution in [0.2, 0.25) is 20.1 Å². The number of fused-ring (bicyclic) bond motifs is 3. The van der Waals surface area contributed by atoms with Gasteiger partial charge in [-0.15, -0.1) is 0 Å². The predicted molar refractivity (Wildman–Crippen MR) is 474 cm³/mol. The molecule has 2 saturated heterocycles. The van der Waals surface area contributed by atoms with E-state index >= 15 is 0 Å². The fourth-order valence-electron chi connectivity index (χ4n) is 14.7. The minimum atomic E-state index is -1.28. The predicted octanol–water partition coefficient (Wildman–Crippen LogP) is 12.8. The number of rotatable bonds is 32. The number of likely N-dealkylation sites (tertiary alicyclic amines) is 2. The second kappa shape index (κ2) is 45.6. The number of nitrogens with one attached hydrogen (secondary N) is 7. The molecule has 2 fully saturated rings. The second-order valence-corrected chi connectivity index (χ2v) is 31.7. The number of esters is 1. The van der Waals surface area contributed by atoms with Crippen LogP contribution in [-0.2, 0) is 75.8 Å². The van der Waals surface area contributed by atoms with E-state index in [-0.39, 0.29) is 67.3 Å². The van der Waals surface area contributed by atoms with Gasteiger partial charge in [-0.2, -0.15) is 0 Å². The van der Waals surface area contributed by atoms with Crippen molar-refractivity contribution < 1.29 is 65.8 Å². The number of carbonyl (C=O) groups is 8. The normalized spacial score (nSPS) is 13.5. The summed E-state index contributed by atoms with van der Waals surface area (Å²) in [5.74, 6) is -8.08. The number of carbonyl (C=O) groups excluding carboxylic acids is 7. The van der Waals surface area contributed by atoms with Gasteiger partial charge in [-0.25, -0.2) is 27.2 Å². The number of ether oxygens (including phenoxy) is 1. The van der Waals surface area contributed by atoms with Crippen molar-refractivity contribution in [3.05, 3.63) is 305 Å². The van der Waals surface area contributed by atoms with Crippen molar-refractivity contribution in [3.63, 3.8) is 0 Å². The van der Waals surface area contributed by atoms with Crippen molar-refractivity contribution in [2.75, 3.05) is 66.5 Å². The Bertz CT molecular complexity index is 5760. The number of nitrogens with zero attached hydrogens (tertiary/aromatic N) is 6. The topological polar surface area (TPSA) is 348 Å². The molecule has 125 heavy (non-hydrogen) atoms. The number of amides is 5. The fraction of sp³-hybridized carbons (Fsp3) is 0.283. The first-order valence-electron chi connectivity index (χ1n) is 40.4. The van der Waals surface area contributed by atoms with E-state index in [1.54, 1.807) is 123 Å². The lowest BCUT2D eigenvalue weighted by atomic mass is 10.0. The summed E-state index contributed by atoms with van der Waals surface area (Å²) in [7, 11) is 3.10. The summed E-state index contributed by atoms with van der Waals surface area (Å²) in [5.41, 5.74) is 21.6. The highest BCUT2D eigenvalue weighted by Gasteiger charge is 2.31. The first-order chi connectivity index (χ1) is 60.3. The summed E-state index contributed by atoms with van der Waals surface area (Å²) in [6, 6.07) is 35.9. The van der Waals surface area contributed by atoms with Gasteiger partial charge in [-0.3, -0.25) is 48.5 Å². The van der Waals surface area contributed by atoms with Crippen molar-refractivity contribution in [1.29, 1.82) is 0 Å². The van der Waals surface area contributed by atoms with E-state index in [1.165, 1.54) is 37.6 Å². The van der Waals surface area contributed by atoms with Gasteiger partial charge in [0.05, 0.1) is 37.4 Å². The third kappa shape index (κ3) is 25.9. The van der Waals surface area contributed by atoms with Crippen LogP contribution in [-0.4, -0.2) is 177 Å². The summed E-state index contributed by atoms with van der Waals surface area (Å²) in [6.45, 7) is 8.03. The third-order valence-electron chi connectivity index (χ3n) is 21.3. The second-order valence-electron chi connectivity index (χ2n) is 30.1. The smallest absolute Gasteiger partial charge is 0.337 e. The Morgan fingerprint density at radius 1 is 0.512 bits per heavy atom. The maximum absolute atomic E-state index is 14.3. The van der Waals surface area contributed by atoms with Crippen LogP contribution in [0.4, 0.5) is 17.6 Å². The van der Waals surface area contributed by atoms with Crippen LogP contribution in [0.5, 0.6) is 0 Å². The van der Waals surface area contributed by atoms with Gasteiger partial charge in [0.2, 0.25) is 23.6 Å². The van der Waals surface area contributed by atoms with Crippen molar-refractivity contribution >= 4 is 127 Å². The minimum Gasteiger partial charge on any atom is -0.478 e. The van der Waals surface area contributed by atoms with Crippen molar-refractivity contribution in [3.8, 4) is 0 Å². The summed E-state index contributed by atoms with van der Waals surface area (Å²) >= 11 is 25.8. The number of nitrogens with two attached hydrogens (primary N) is 2. The molecule has 12 aromatic rings. The standard InChI is InChI=1S/C40H41Cl2F2N7O3.C21H20Cl2N2O2.C20H25F2N5O2.C11H9NO3/c41-31-4-3-5-32(42)30(31)24-51-23-28(22-50-16-1-2-17-50)29-8-7-27(21-37(29)51)38(52)48-36(20-26-6-9-33(43)34(44)18-26)40(54)49-35(39(53)47-15-12-45)19-25-10-13-46-14-11-25;22-18-4-3-5-19(23)17(18)13-25-12-15(11-24-8-1-2-9-24)16-7-6-14(21(26)27)10-20(16)25;1-24-8-9-26-20(29)18(12-13-4-6-25-7-5-13)27-19(28)17(23)11-14-2-3-15(21)16(22)10-14;1-15-11(14)7-2-3-9-8(6-13)5-12-10(9)4-7/h3-11,13-14,18,21,23,35-36H,1-2,12,15-17,19-20,22,24,45H2,(H,47,53)(H,48,52)(H,49,54);3-7,10,12H,1-2,8-9,11,13H2,(H,26,27);2-7,10,17-18,24H,8-9,11-12,23H2,1H3,(H,26,29)(H,27,28);2-6,12H,1H3/t35-,36-;;17-,18-;/m0.0./s1. The highest BCUT2D eigenvalue weighted by molar-refractivity contribution is 6.36. The van der Waals surface area contributed by atoms with Crippen LogP contribution < -0.4 is 43.4 Å². The Hall–Kier alpha value is -11.9. The molecule has 2 aliphatic rings. The van der Waals surface area contributed by atoms with Gasteiger partial charge < -0.3 is 67.3 Å². The zero-order valence-electron chi connectivity index (χ0n) is 68.5. The van der Waals surface area contributed by atoms with E-state index in [0.29, 0.717) is 63.0 Å². The SMILES string of the molecule is CNCCNC(=O)[C@H](Cc1ccncc1)NC(=O)[C@@H](N)Cc1ccc(F)c(F)c1.COC(=O)c1ccc2c(C=O)c[nH]c2c1.NCCNC(=O)[C@H](Cc1ccncc1)NC(=O)[C@H](Cc1ccc(F)c(F)c1)NC(=O)c1ccc2c(CN3CCCC3)cn(Cc3c(Cl)cccc3Cl)c2c1.O=C(O)c1ccc2c(CN3CCCC3)cn(Cc3c(Cl)cccc3Cl)c2c1. The summed E-state index contributed by atoms with van der Waals surface area (Å²) in [6.07, 6.45) is 17.8. The van der Waals surface area contributed by atoms with E-state index in [4.69, 9.17) is 57.9 Å². The lowest BCUT2D eigenvalue weighted by Crippen LogP contribution is -2.55. The molecule has 4 atom stereocenters. The quantitative estimate of drug-likeness (QED) is 0.00810. The minimum absolute atomic E-state index is 0.00633. The maximum Gasteiger partial charge on any atom is 0.337 e. The molecule has 0 spiro atoms. The number of pyridine rings is 2. The third-order valence-corrected chi connectivity index (χ3v) is 22.7. The number of H-pyrrole nitrogens is 1. The van der Waals surface area contributed by atoms with Crippen molar-refractivity contribution in [2.24, 2.45) is 11.5 Å². The van der Waals surface area contributed by atoms with Crippen LogP contribution in [0.15, 0.2) is 195 Å². The molecule has 14 rings (SSSR count). The monoisotopic (exact) mass is 1790 g/mol. The Kier molecular flexibility index (Phi) is 34.3. The van der Waals surface area contributed by atoms with E-state index in [9.17, 15) is 61.0 Å². The molecule has 25 nitrogen and oxygen atoms in total. The number of benzene rings is 7. The largest absolute Gasteiger partial charge is 0.478 e. The molecule has 7 aromatic carbocycles. The van der Waals surface area contributed by atoms with Crippen LogP contribution in [0.25, 0.3) is 32.7 Å². The number of aromatic carboxylic acids is 1. The number of carboxylic acids is 1. The highest BCUT2D eigenvalue weighted by atomic mass is 35.5. The van der Waals surface area contributed by atoms with Crippen LogP contribution in [0.1, 0.15) is 112 Å². The van der Waals surface area contributed by atoms with Gasteiger partial charge in [-0.1, -0.05) is 88.9 Å². The van der Waals surface area contributed by atoms with Crippen molar-refractivity contribution in [2.45, 2.75) is 102 Å². The zero-order valence-corrected chi connectivity index (χ0v) is 71.5. The Balaban J connectivity index is 0.000000179. The molecular formula is C92H95Cl4F4N15O10. The Morgan fingerprint density at radius 3 is 1.43 bits per heavy atom. The van der Waals surface area contributed by atoms with Gasteiger partial charge in [0.15, 0.2) is 29.6 Å². The number of aldehydes is 1. The number of likely N-dealkylation sites (N-methyl/N-ethyl adjacent to an activating group) is 1. The molecule has 0 unspecified atom stereocenters. The molecule has 5 amide bonds. The lowest BCUT2D eigenvalue weighted by molar-refractivity contribution is -0.129. The van der Waals surface area contributed by atoms with E-state index in [2.05, 4.69) is 78.4 Å². The van der Waals surface area contributed by atoms with Gasteiger partial charge in [-0.05, 0) is 208 Å². The lowest BCUT2D eigenvalue weighted by Gasteiger charge is -2.23. The first kappa shape index (κ1) is 93.8. The summed E-state index contributed by atoms with van der Waals surface area (Å²) < 4.78 is 63.2. The van der Waals surface area contributed by atoms with Gasteiger partial charge in [0, 0.05) is 177 Å². The van der Waals surface area contributed by atoms with Crippen LogP contribution in [0, 0.1) is 23.3 Å². The molecule has 654 valence electrons. The van der Waals surface area contributed by atoms with Gasteiger partial charge >= 0.3 is 11.9 Å². The molecule has 2 aliphatic heterocycles. The first-order valence-corrected chi connectivity index (χ1v) is 41.9. The maximum atomic E-state index is 14.3. The molecule has 0 saturated carbocycles. The molecule has 0 aliphatic carbocycles.